The molecule has 0 aromatic heterocycles. The van der Waals surface area contributed by atoms with Crippen molar-refractivity contribution in [2.45, 2.75) is 63.9 Å². The van der Waals surface area contributed by atoms with Crippen LogP contribution in [-0.4, -0.2) is 31.6 Å². The predicted molar refractivity (Wildman–Crippen MR) is 114 cm³/mol. The normalized spacial score (nSPS) is 27.5. The summed E-state index contributed by atoms with van der Waals surface area (Å²) >= 11 is 6.33. The Bertz CT molecular complexity index is 663. The Hall–Kier alpha value is -1.26. The molecule has 2 bridgehead atoms. The van der Waals surface area contributed by atoms with E-state index in [2.05, 4.69) is 10.6 Å². The van der Waals surface area contributed by atoms with Gasteiger partial charge in [-0.3, -0.25) is 4.79 Å². The molecule has 2 aliphatic carbocycles. The van der Waals surface area contributed by atoms with Gasteiger partial charge in [0.25, 0.3) is 5.91 Å². The SMILES string of the molecule is O=C(NCC12CCCC(CCC1)C2)c1cc(OC2CCNCC2)ccc1Cl.[CH2]. The molecular weight excluding hydrogens is 372 g/mol. The molecule has 2 saturated carbocycles. The summed E-state index contributed by atoms with van der Waals surface area (Å²) in [5, 5.41) is 7.03. The highest BCUT2D eigenvalue weighted by molar-refractivity contribution is 6.33. The Morgan fingerprint density at radius 2 is 1.89 bits per heavy atom. The van der Waals surface area contributed by atoms with E-state index in [-0.39, 0.29) is 19.4 Å². The van der Waals surface area contributed by atoms with Gasteiger partial charge >= 0.3 is 0 Å². The van der Waals surface area contributed by atoms with Crippen molar-refractivity contribution in [1.82, 2.24) is 10.6 Å². The molecule has 5 heteroatoms. The molecule has 2 N–H and O–H groups in total. The molecule has 1 heterocycles. The van der Waals surface area contributed by atoms with Crippen molar-refractivity contribution in [2.24, 2.45) is 11.3 Å². The number of hydrogen-bond donors (Lipinski definition) is 2. The summed E-state index contributed by atoms with van der Waals surface area (Å²) in [6, 6.07) is 5.46. The minimum Gasteiger partial charge on any atom is -0.490 e. The number of nitrogens with one attached hydrogen (secondary N) is 2. The van der Waals surface area contributed by atoms with Gasteiger partial charge in [-0.15, -0.1) is 0 Å². The fourth-order valence-corrected chi connectivity index (χ4v) is 5.49. The third-order valence-corrected chi connectivity index (χ3v) is 7.09. The highest BCUT2D eigenvalue weighted by atomic mass is 35.5. The number of halogens is 1. The summed E-state index contributed by atoms with van der Waals surface area (Å²) in [6.07, 6.45) is 11.3. The van der Waals surface area contributed by atoms with Crippen LogP contribution in [-0.2, 0) is 0 Å². The molecule has 4 nitrogen and oxygen atoms in total. The van der Waals surface area contributed by atoms with Gasteiger partial charge in [-0.1, -0.05) is 44.7 Å². The van der Waals surface area contributed by atoms with E-state index in [0.29, 0.717) is 16.0 Å². The molecule has 1 aliphatic heterocycles. The summed E-state index contributed by atoms with van der Waals surface area (Å²) in [4.78, 5) is 12.8. The number of hydrogen-bond acceptors (Lipinski definition) is 3. The molecule has 1 aromatic rings. The number of piperidine rings is 1. The molecular formula is C23H33ClN2O2. The van der Waals surface area contributed by atoms with E-state index in [1.807, 2.05) is 12.1 Å². The Balaban J connectivity index is 0.00000225. The lowest BCUT2D eigenvalue weighted by Crippen LogP contribution is -2.43. The first-order chi connectivity index (χ1) is 13.1. The Morgan fingerprint density at radius 1 is 1.18 bits per heavy atom. The molecule has 0 unspecified atom stereocenters. The molecule has 28 heavy (non-hydrogen) atoms. The zero-order valence-electron chi connectivity index (χ0n) is 16.8. The summed E-state index contributed by atoms with van der Waals surface area (Å²) < 4.78 is 6.08. The first-order valence-corrected chi connectivity index (χ1v) is 11.0. The molecule has 1 aromatic carbocycles. The van der Waals surface area contributed by atoms with Crippen molar-refractivity contribution in [3.63, 3.8) is 0 Å². The van der Waals surface area contributed by atoms with Crippen LogP contribution in [0, 0.1) is 18.8 Å². The highest BCUT2D eigenvalue weighted by Crippen LogP contribution is 2.48. The number of carbonyl (C=O) groups excluding carboxylic acids is 1. The zero-order valence-corrected chi connectivity index (χ0v) is 17.5. The monoisotopic (exact) mass is 404 g/mol. The molecule has 4 rings (SSSR count). The topological polar surface area (TPSA) is 50.4 Å². The second-order valence-electron chi connectivity index (χ2n) is 8.75. The van der Waals surface area contributed by atoms with E-state index < -0.39 is 0 Å². The first kappa shape index (κ1) is 21.4. The fourth-order valence-electron chi connectivity index (χ4n) is 5.29. The average molecular weight is 405 g/mol. The molecule has 2 radical (unpaired) electrons. The Labute approximate surface area is 174 Å². The van der Waals surface area contributed by atoms with E-state index in [1.165, 1.54) is 44.9 Å². The predicted octanol–water partition coefficient (Wildman–Crippen LogP) is 4.89. The van der Waals surface area contributed by atoms with Crippen LogP contribution in [0.1, 0.15) is 68.1 Å². The zero-order chi connectivity index (χ0) is 18.7. The summed E-state index contributed by atoms with van der Waals surface area (Å²) in [6.45, 7) is 2.74. The van der Waals surface area contributed by atoms with Gasteiger partial charge in [-0.2, -0.15) is 0 Å². The van der Waals surface area contributed by atoms with Crippen LogP contribution >= 0.6 is 11.6 Å². The largest absolute Gasteiger partial charge is 0.490 e. The van der Waals surface area contributed by atoms with Crippen LogP contribution in [0.3, 0.4) is 0 Å². The average Bonchev–Trinajstić information content (AvgIpc) is 2.69. The lowest BCUT2D eigenvalue weighted by molar-refractivity contribution is 0.0681. The van der Waals surface area contributed by atoms with Crippen LogP contribution in [0.2, 0.25) is 5.02 Å². The molecule has 0 spiro atoms. The van der Waals surface area contributed by atoms with E-state index in [4.69, 9.17) is 16.3 Å². The van der Waals surface area contributed by atoms with Crippen molar-refractivity contribution < 1.29 is 9.53 Å². The van der Waals surface area contributed by atoms with E-state index in [0.717, 1.165) is 44.1 Å². The van der Waals surface area contributed by atoms with Gasteiger partial charge in [0, 0.05) is 6.54 Å². The maximum atomic E-state index is 12.8. The third kappa shape index (κ3) is 5.01. The number of rotatable bonds is 5. The smallest absolute Gasteiger partial charge is 0.252 e. The van der Waals surface area contributed by atoms with Gasteiger partial charge in [0.1, 0.15) is 11.9 Å². The van der Waals surface area contributed by atoms with E-state index in [9.17, 15) is 4.79 Å². The van der Waals surface area contributed by atoms with Gasteiger partial charge in [-0.05, 0) is 74.7 Å². The minimum absolute atomic E-state index is 0. The van der Waals surface area contributed by atoms with Crippen molar-refractivity contribution in [1.29, 1.82) is 0 Å². The number of benzene rings is 1. The number of ether oxygens (including phenoxy) is 1. The van der Waals surface area contributed by atoms with E-state index in [1.54, 1.807) is 6.07 Å². The summed E-state index contributed by atoms with van der Waals surface area (Å²) in [5.74, 6) is 1.54. The van der Waals surface area contributed by atoms with Gasteiger partial charge < -0.3 is 15.4 Å². The molecule has 1 amide bonds. The van der Waals surface area contributed by atoms with Crippen LogP contribution in [0.25, 0.3) is 0 Å². The minimum atomic E-state index is -0.0715. The second-order valence-corrected chi connectivity index (χ2v) is 9.15. The highest BCUT2D eigenvalue weighted by Gasteiger charge is 2.39. The van der Waals surface area contributed by atoms with Crippen molar-refractivity contribution in [2.75, 3.05) is 19.6 Å². The van der Waals surface area contributed by atoms with Gasteiger partial charge in [0.2, 0.25) is 0 Å². The molecule has 3 aliphatic rings. The molecule has 3 fully saturated rings. The Kier molecular flexibility index (Phi) is 7.27. The van der Waals surface area contributed by atoms with Gasteiger partial charge in [0.05, 0.1) is 10.6 Å². The maximum absolute atomic E-state index is 12.8. The first-order valence-electron chi connectivity index (χ1n) is 10.6. The lowest BCUT2D eigenvalue weighted by atomic mass is 9.62. The van der Waals surface area contributed by atoms with Crippen molar-refractivity contribution in [3.05, 3.63) is 36.2 Å². The summed E-state index contributed by atoms with van der Waals surface area (Å²) in [7, 11) is 0. The van der Waals surface area contributed by atoms with Crippen LogP contribution in [0.4, 0.5) is 0 Å². The fraction of sp³-hybridized carbons (Fsp3) is 0.652. The Morgan fingerprint density at radius 3 is 2.61 bits per heavy atom. The quantitative estimate of drug-likeness (QED) is 0.734. The van der Waals surface area contributed by atoms with E-state index >= 15 is 0 Å². The van der Waals surface area contributed by atoms with Crippen molar-refractivity contribution >= 4 is 17.5 Å². The number of fused-ring (bicyclic) bond motifs is 2. The van der Waals surface area contributed by atoms with Crippen LogP contribution < -0.4 is 15.4 Å². The number of carbonyl (C=O) groups is 1. The lowest BCUT2D eigenvalue weighted by Gasteiger charge is -2.45. The number of amides is 1. The second kappa shape index (κ2) is 9.49. The maximum Gasteiger partial charge on any atom is 0.252 e. The molecule has 0 atom stereocenters. The molecule has 154 valence electrons. The van der Waals surface area contributed by atoms with Crippen LogP contribution in [0.15, 0.2) is 18.2 Å². The van der Waals surface area contributed by atoms with Crippen LogP contribution in [0.5, 0.6) is 5.75 Å². The third-order valence-electron chi connectivity index (χ3n) is 6.76. The standard InChI is InChI=1S/C22H31ClN2O2.CH2/c23-20-6-5-18(27-17-7-11-24-12-8-17)13-19(20)21(26)25-15-22-9-1-3-16(14-22)4-2-10-22;/h5-6,13,16-17,24H,1-4,7-12,14-15H2,(H,25,26);1H2. The van der Waals surface area contributed by atoms with Crippen molar-refractivity contribution in [3.8, 4) is 5.75 Å². The van der Waals surface area contributed by atoms with Gasteiger partial charge in [-0.25, -0.2) is 0 Å². The van der Waals surface area contributed by atoms with Gasteiger partial charge in [0.15, 0.2) is 0 Å². The summed E-state index contributed by atoms with van der Waals surface area (Å²) in [5.41, 5.74) is 0.842. The molecule has 1 saturated heterocycles.